The number of fused-ring (bicyclic) bond motifs is 1. The first-order chi connectivity index (χ1) is 12.7. The number of carbonyl (C=O) groups is 1. The molecule has 0 spiro atoms. The number of nitrogens with zero attached hydrogens (tertiary/aromatic N) is 3. The minimum Gasteiger partial charge on any atom is -0.349 e. The molecule has 1 amide bonds. The molecule has 26 heavy (non-hydrogen) atoms. The van der Waals surface area contributed by atoms with Crippen molar-refractivity contribution in [1.82, 2.24) is 19.9 Å². The van der Waals surface area contributed by atoms with Gasteiger partial charge in [0.25, 0.3) is 5.91 Å². The minimum atomic E-state index is -0.0260. The number of pyridine rings is 1. The van der Waals surface area contributed by atoms with E-state index < -0.39 is 0 Å². The van der Waals surface area contributed by atoms with Gasteiger partial charge in [0, 0.05) is 23.2 Å². The number of benzene rings is 1. The number of amides is 1. The summed E-state index contributed by atoms with van der Waals surface area (Å²) in [5, 5.41) is 12.4. The lowest BCUT2D eigenvalue weighted by Crippen LogP contribution is -2.43. The first-order valence-electron chi connectivity index (χ1n) is 9.08. The molecule has 2 heterocycles. The van der Waals surface area contributed by atoms with Gasteiger partial charge in [-0.3, -0.25) is 9.20 Å². The summed E-state index contributed by atoms with van der Waals surface area (Å²) in [6.07, 6.45) is 6.12. The second-order valence-corrected chi connectivity index (χ2v) is 7.81. The Kier molecular flexibility index (Phi) is 3.71. The topological polar surface area (TPSA) is 59.3 Å². The summed E-state index contributed by atoms with van der Waals surface area (Å²) in [6, 6.07) is 11.9. The van der Waals surface area contributed by atoms with Crippen LogP contribution in [0, 0.1) is 0 Å². The second kappa shape index (κ2) is 6.09. The van der Waals surface area contributed by atoms with Crippen LogP contribution < -0.4 is 5.32 Å². The van der Waals surface area contributed by atoms with Gasteiger partial charge in [0.2, 0.25) is 0 Å². The summed E-state index contributed by atoms with van der Waals surface area (Å²) < 4.78 is 1.96. The van der Waals surface area contributed by atoms with E-state index in [9.17, 15) is 4.79 Å². The molecular weight excluding hydrogens is 348 g/mol. The van der Waals surface area contributed by atoms with E-state index in [4.69, 9.17) is 11.6 Å². The minimum absolute atomic E-state index is 0.0260. The van der Waals surface area contributed by atoms with E-state index in [0.717, 1.165) is 42.2 Å². The highest BCUT2D eigenvalue weighted by molar-refractivity contribution is 6.30. The SMILES string of the molecule is O=C(NC1CC(c2ccc(Cl)cc2)C1)c1ccc2nnc(C3CC3)n2c1. The fourth-order valence-electron chi connectivity index (χ4n) is 3.67. The van der Waals surface area contributed by atoms with E-state index in [1.54, 1.807) is 0 Å². The lowest BCUT2D eigenvalue weighted by Gasteiger charge is -2.36. The zero-order valence-electron chi connectivity index (χ0n) is 14.2. The Balaban J connectivity index is 1.25. The van der Waals surface area contributed by atoms with Crippen LogP contribution in [0.15, 0.2) is 42.6 Å². The molecule has 0 unspecified atom stereocenters. The van der Waals surface area contributed by atoms with Gasteiger partial charge >= 0.3 is 0 Å². The molecule has 1 aromatic carbocycles. The third kappa shape index (κ3) is 2.86. The van der Waals surface area contributed by atoms with Gasteiger partial charge in [-0.15, -0.1) is 10.2 Å². The lowest BCUT2D eigenvalue weighted by atomic mass is 9.76. The Morgan fingerprint density at radius 1 is 1.04 bits per heavy atom. The van der Waals surface area contributed by atoms with E-state index in [2.05, 4.69) is 27.6 Å². The van der Waals surface area contributed by atoms with Gasteiger partial charge in [-0.1, -0.05) is 23.7 Å². The van der Waals surface area contributed by atoms with Crippen molar-refractivity contribution < 1.29 is 4.79 Å². The number of hydrogen-bond donors (Lipinski definition) is 1. The second-order valence-electron chi connectivity index (χ2n) is 7.37. The van der Waals surface area contributed by atoms with Gasteiger partial charge in [-0.05, 0) is 61.4 Å². The van der Waals surface area contributed by atoms with Gasteiger partial charge < -0.3 is 5.32 Å². The molecule has 0 saturated heterocycles. The van der Waals surface area contributed by atoms with Crippen LogP contribution in [0.5, 0.6) is 0 Å². The van der Waals surface area contributed by atoms with E-state index in [0.29, 0.717) is 17.4 Å². The number of rotatable bonds is 4. The maximum absolute atomic E-state index is 12.6. The van der Waals surface area contributed by atoms with Crippen molar-refractivity contribution in [3.05, 3.63) is 64.6 Å². The number of hydrogen-bond acceptors (Lipinski definition) is 3. The molecule has 2 saturated carbocycles. The summed E-state index contributed by atoms with van der Waals surface area (Å²) in [5.74, 6) is 1.94. The van der Waals surface area contributed by atoms with Crippen LogP contribution in [0.4, 0.5) is 0 Å². The monoisotopic (exact) mass is 366 g/mol. The Morgan fingerprint density at radius 3 is 2.54 bits per heavy atom. The average Bonchev–Trinajstić information content (AvgIpc) is 3.37. The van der Waals surface area contributed by atoms with Crippen LogP contribution >= 0.6 is 11.6 Å². The number of carbonyl (C=O) groups excluding carboxylic acids is 1. The van der Waals surface area contributed by atoms with Crippen molar-refractivity contribution in [3.8, 4) is 0 Å². The average molecular weight is 367 g/mol. The van der Waals surface area contributed by atoms with Crippen molar-refractivity contribution in [1.29, 1.82) is 0 Å². The van der Waals surface area contributed by atoms with Crippen LogP contribution in [0.3, 0.4) is 0 Å². The third-order valence-corrected chi connectivity index (χ3v) is 5.70. The zero-order valence-corrected chi connectivity index (χ0v) is 15.0. The van der Waals surface area contributed by atoms with Gasteiger partial charge in [-0.2, -0.15) is 0 Å². The standard InChI is InChI=1S/C20H19ClN4O/c21-16-6-3-12(4-7-16)15-9-17(10-15)22-20(26)14-5-8-18-23-24-19(13-1-2-13)25(18)11-14/h3-8,11,13,15,17H,1-2,9-10H2,(H,22,26). The normalized spacial score (nSPS) is 22.2. The zero-order chi connectivity index (χ0) is 17.7. The Hall–Kier alpha value is -2.40. The van der Waals surface area contributed by atoms with Gasteiger partial charge in [0.1, 0.15) is 5.82 Å². The lowest BCUT2D eigenvalue weighted by molar-refractivity contribution is 0.0908. The Morgan fingerprint density at radius 2 is 1.81 bits per heavy atom. The van der Waals surface area contributed by atoms with E-state index in [-0.39, 0.29) is 11.9 Å². The summed E-state index contributed by atoms with van der Waals surface area (Å²) in [7, 11) is 0. The smallest absolute Gasteiger partial charge is 0.252 e. The van der Waals surface area contributed by atoms with Crippen LogP contribution in [-0.4, -0.2) is 26.5 Å². The van der Waals surface area contributed by atoms with Crippen molar-refractivity contribution in [2.45, 2.75) is 43.6 Å². The molecule has 0 atom stereocenters. The summed E-state index contributed by atoms with van der Waals surface area (Å²) in [5.41, 5.74) is 2.75. The van der Waals surface area contributed by atoms with Gasteiger partial charge in [0.15, 0.2) is 5.65 Å². The molecule has 2 aliphatic rings. The number of halogens is 1. The Labute approximate surface area is 156 Å². The molecule has 0 aliphatic heterocycles. The van der Waals surface area contributed by atoms with Crippen LogP contribution in [0.2, 0.25) is 5.02 Å². The molecule has 3 aromatic rings. The highest BCUT2D eigenvalue weighted by atomic mass is 35.5. The molecule has 2 aromatic heterocycles. The third-order valence-electron chi connectivity index (χ3n) is 5.45. The largest absolute Gasteiger partial charge is 0.349 e. The molecule has 132 valence electrons. The quantitative estimate of drug-likeness (QED) is 0.760. The highest BCUT2D eigenvalue weighted by Crippen LogP contribution is 2.39. The highest BCUT2D eigenvalue weighted by Gasteiger charge is 2.32. The molecule has 2 fully saturated rings. The van der Waals surface area contributed by atoms with Crippen molar-refractivity contribution >= 4 is 23.2 Å². The Bertz CT molecular complexity index is 971. The van der Waals surface area contributed by atoms with E-state index in [1.165, 1.54) is 5.56 Å². The fraction of sp³-hybridized carbons (Fsp3) is 0.350. The van der Waals surface area contributed by atoms with Crippen molar-refractivity contribution in [3.63, 3.8) is 0 Å². The first kappa shape index (κ1) is 15.8. The molecular formula is C20H19ClN4O. The predicted octanol–water partition coefficient (Wildman–Crippen LogP) is 3.94. The molecule has 5 nitrogen and oxygen atoms in total. The molecule has 5 rings (SSSR count). The number of aromatic nitrogens is 3. The van der Waals surface area contributed by atoms with Crippen LogP contribution in [0.25, 0.3) is 5.65 Å². The fourth-order valence-corrected chi connectivity index (χ4v) is 3.80. The van der Waals surface area contributed by atoms with Crippen molar-refractivity contribution in [2.24, 2.45) is 0 Å². The predicted molar refractivity (Wildman–Crippen MR) is 99.6 cm³/mol. The van der Waals surface area contributed by atoms with Crippen molar-refractivity contribution in [2.75, 3.05) is 0 Å². The molecule has 2 aliphatic carbocycles. The molecule has 0 bridgehead atoms. The summed E-state index contributed by atoms with van der Waals surface area (Å²) >= 11 is 5.94. The maximum atomic E-state index is 12.6. The summed E-state index contributed by atoms with van der Waals surface area (Å²) in [4.78, 5) is 12.6. The van der Waals surface area contributed by atoms with Gasteiger partial charge in [0.05, 0.1) is 5.56 Å². The molecule has 6 heteroatoms. The van der Waals surface area contributed by atoms with Crippen LogP contribution in [0.1, 0.15) is 59.3 Å². The molecule has 0 radical (unpaired) electrons. The summed E-state index contributed by atoms with van der Waals surface area (Å²) in [6.45, 7) is 0. The number of nitrogens with one attached hydrogen (secondary N) is 1. The van der Waals surface area contributed by atoms with Crippen LogP contribution in [-0.2, 0) is 0 Å². The van der Waals surface area contributed by atoms with E-state index in [1.807, 2.05) is 34.9 Å². The first-order valence-corrected chi connectivity index (χ1v) is 9.46. The maximum Gasteiger partial charge on any atom is 0.252 e. The van der Waals surface area contributed by atoms with Gasteiger partial charge in [-0.25, -0.2) is 0 Å². The molecule has 1 N–H and O–H groups in total. The van der Waals surface area contributed by atoms with E-state index >= 15 is 0 Å².